The first-order chi connectivity index (χ1) is 24.7. The Kier molecular flexibility index (Phi) is 9.59. The number of piperazine rings is 1. The van der Waals surface area contributed by atoms with Crippen molar-refractivity contribution in [1.82, 2.24) is 18.8 Å². The number of halogens is 1. The number of hydrogen-bond donors (Lipinski definition) is 1. The number of aryl methyl sites for hydroxylation is 2. The van der Waals surface area contributed by atoms with Gasteiger partial charge in [0.1, 0.15) is 11.4 Å². The summed E-state index contributed by atoms with van der Waals surface area (Å²) in [6.07, 6.45) is 3.34. The summed E-state index contributed by atoms with van der Waals surface area (Å²) in [6, 6.07) is 4.29. The van der Waals surface area contributed by atoms with Gasteiger partial charge in [-0.3, -0.25) is 14.5 Å². The molecule has 2 saturated carbocycles. The van der Waals surface area contributed by atoms with Gasteiger partial charge in [0.25, 0.3) is 11.8 Å². The number of likely N-dealkylation sites (N-methyl/N-ethyl adjacent to an activating group) is 1. The van der Waals surface area contributed by atoms with Gasteiger partial charge in [0.05, 0.1) is 41.6 Å². The van der Waals surface area contributed by atoms with E-state index in [2.05, 4.69) is 27.6 Å². The minimum Gasteiger partial charge on any atom is -0.422 e. The normalized spacial score (nSPS) is 19.7. The van der Waals surface area contributed by atoms with Crippen molar-refractivity contribution >= 4 is 44.4 Å². The molecule has 0 spiro atoms. The fourth-order valence-electron chi connectivity index (χ4n) is 7.81. The molecular weight excluding hydrogens is 692 g/mol. The number of nitrogens with one attached hydrogen (secondary N) is 1. The summed E-state index contributed by atoms with van der Waals surface area (Å²) in [5.74, 6) is -2.59. The van der Waals surface area contributed by atoms with E-state index in [1.54, 1.807) is 21.2 Å². The Morgan fingerprint density at radius 2 is 1.71 bits per heavy atom. The summed E-state index contributed by atoms with van der Waals surface area (Å²) in [4.78, 5) is 48.4. The lowest BCUT2D eigenvalue weighted by Gasteiger charge is -2.41. The second kappa shape index (κ2) is 13.7. The Labute approximate surface area is 303 Å². The SMILES string of the molecule is COC[C@H]1CN(c2cc(C)c3c4c(c(=O)oc3c2C)CN(C(=O)c2cc(N(C)C)c(C(=O)NS(=O)(=O)N(C3CC3)C3CC3)cc2F)CC4)CCN1C. The number of rotatable bonds is 10. The third-order valence-corrected chi connectivity index (χ3v) is 12.5. The van der Waals surface area contributed by atoms with Crippen LogP contribution in [0.3, 0.4) is 0 Å². The number of anilines is 2. The van der Waals surface area contributed by atoms with Crippen LogP contribution in [-0.2, 0) is 27.9 Å². The van der Waals surface area contributed by atoms with Crippen molar-refractivity contribution in [3.63, 3.8) is 0 Å². The molecule has 52 heavy (non-hydrogen) atoms. The molecule has 0 unspecified atom stereocenters. The summed E-state index contributed by atoms with van der Waals surface area (Å²) in [7, 11) is 2.90. The molecule has 3 aromatic rings. The van der Waals surface area contributed by atoms with Crippen LogP contribution >= 0.6 is 0 Å². The van der Waals surface area contributed by atoms with E-state index in [0.29, 0.717) is 24.2 Å². The highest BCUT2D eigenvalue weighted by Gasteiger charge is 2.47. The lowest BCUT2D eigenvalue weighted by molar-refractivity contribution is 0.0727. The molecule has 3 fully saturated rings. The predicted molar refractivity (Wildman–Crippen MR) is 196 cm³/mol. The Bertz CT molecular complexity index is 2100. The molecule has 1 aromatic heterocycles. The van der Waals surface area contributed by atoms with E-state index in [1.807, 2.05) is 13.8 Å². The van der Waals surface area contributed by atoms with Gasteiger partial charge in [0.15, 0.2) is 0 Å². The first-order valence-electron chi connectivity index (χ1n) is 17.9. The van der Waals surface area contributed by atoms with Gasteiger partial charge in [-0.1, -0.05) is 0 Å². The molecule has 4 aliphatic rings. The summed E-state index contributed by atoms with van der Waals surface area (Å²) in [5, 5.41) is 0.860. The highest BCUT2D eigenvalue weighted by Crippen LogP contribution is 2.40. The van der Waals surface area contributed by atoms with Crippen molar-refractivity contribution in [3.05, 3.63) is 67.8 Å². The van der Waals surface area contributed by atoms with Crippen LogP contribution in [0.2, 0.25) is 0 Å². The largest absolute Gasteiger partial charge is 0.422 e. The van der Waals surface area contributed by atoms with Crippen molar-refractivity contribution in [2.45, 2.75) is 70.6 Å². The number of hydrogen-bond acceptors (Lipinski definition) is 10. The molecule has 15 heteroatoms. The molecule has 2 aromatic carbocycles. The quantitative estimate of drug-likeness (QED) is 0.309. The van der Waals surface area contributed by atoms with Gasteiger partial charge < -0.3 is 23.9 Å². The number of fused-ring (bicyclic) bond motifs is 3. The Morgan fingerprint density at radius 1 is 1.02 bits per heavy atom. The lowest BCUT2D eigenvalue weighted by Crippen LogP contribution is -2.53. The molecule has 1 saturated heterocycles. The van der Waals surface area contributed by atoms with Crippen molar-refractivity contribution in [2.24, 2.45) is 0 Å². The number of carbonyl (C=O) groups excluding carboxylic acids is 2. The van der Waals surface area contributed by atoms with E-state index >= 15 is 4.39 Å². The highest BCUT2D eigenvalue weighted by atomic mass is 32.2. The zero-order chi connectivity index (χ0) is 37.2. The summed E-state index contributed by atoms with van der Waals surface area (Å²) >= 11 is 0. The number of ether oxygens (including phenoxy) is 1. The molecular formula is C37H47FN6O7S. The predicted octanol–water partition coefficient (Wildman–Crippen LogP) is 3.18. The lowest BCUT2D eigenvalue weighted by atomic mass is 9.92. The molecule has 3 heterocycles. The first-order valence-corrected chi connectivity index (χ1v) is 19.3. The van der Waals surface area contributed by atoms with Crippen LogP contribution in [-0.4, -0.2) is 114 Å². The van der Waals surface area contributed by atoms with Gasteiger partial charge >= 0.3 is 15.8 Å². The van der Waals surface area contributed by atoms with Crippen LogP contribution in [0.4, 0.5) is 15.8 Å². The number of amides is 2. The van der Waals surface area contributed by atoms with Crippen molar-refractivity contribution < 1.29 is 31.6 Å². The number of benzene rings is 2. The van der Waals surface area contributed by atoms with Crippen LogP contribution in [0.5, 0.6) is 0 Å². The van der Waals surface area contributed by atoms with Gasteiger partial charge in [0.2, 0.25) is 0 Å². The molecule has 0 radical (unpaired) electrons. The molecule has 7 rings (SSSR count). The minimum absolute atomic E-state index is 0.0702. The Balaban J connectivity index is 1.15. The second-order valence-electron chi connectivity index (χ2n) is 14.9. The Hall–Kier alpha value is -4.05. The number of methoxy groups -OCH3 is 1. The Morgan fingerprint density at radius 3 is 2.35 bits per heavy atom. The van der Waals surface area contributed by atoms with Crippen molar-refractivity contribution in [3.8, 4) is 0 Å². The molecule has 0 bridgehead atoms. The van der Waals surface area contributed by atoms with E-state index in [9.17, 15) is 22.8 Å². The van der Waals surface area contributed by atoms with E-state index in [-0.39, 0.29) is 48.0 Å². The van der Waals surface area contributed by atoms with Crippen LogP contribution in [0.15, 0.2) is 27.4 Å². The smallest absolute Gasteiger partial charge is 0.341 e. The van der Waals surface area contributed by atoms with Crippen LogP contribution in [0.1, 0.15) is 68.7 Å². The third kappa shape index (κ3) is 6.67. The number of nitrogens with zero attached hydrogens (tertiary/aromatic N) is 5. The fourth-order valence-corrected chi connectivity index (χ4v) is 9.47. The van der Waals surface area contributed by atoms with Crippen LogP contribution < -0.4 is 20.1 Å². The molecule has 13 nitrogen and oxygen atoms in total. The van der Waals surface area contributed by atoms with E-state index < -0.39 is 33.5 Å². The van der Waals surface area contributed by atoms with Gasteiger partial charge in [-0.05, 0) is 82.3 Å². The van der Waals surface area contributed by atoms with E-state index in [4.69, 9.17) is 9.15 Å². The van der Waals surface area contributed by atoms with Gasteiger partial charge in [-0.25, -0.2) is 13.9 Å². The molecule has 1 atom stereocenters. The van der Waals surface area contributed by atoms with Crippen molar-refractivity contribution in [2.75, 3.05) is 70.8 Å². The second-order valence-corrected chi connectivity index (χ2v) is 16.4. The maximum absolute atomic E-state index is 15.8. The maximum Gasteiger partial charge on any atom is 0.341 e. The van der Waals surface area contributed by atoms with Crippen LogP contribution in [0.25, 0.3) is 11.0 Å². The third-order valence-electron chi connectivity index (χ3n) is 10.9. The van der Waals surface area contributed by atoms with Crippen LogP contribution in [0, 0.1) is 19.7 Å². The summed E-state index contributed by atoms with van der Waals surface area (Å²) in [6.45, 7) is 7.22. The average Bonchev–Trinajstić information content (AvgIpc) is 4.04. The number of carbonyl (C=O) groups is 2. The molecule has 280 valence electrons. The molecule has 2 aliphatic heterocycles. The molecule has 1 N–H and O–H groups in total. The first kappa shape index (κ1) is 36.3. The topological polar surface area (TPSA) is 136 Å². The summed E-state index contributed by atoms with van der Waals surface area (Å²) in [5.41, 5.74) is 3.72. The monoisotopic (exact) mass is 738 g/mol. The van der Waals surface area contributed by atoms with Gasteiger partial charge in [0, 0.05) is 76.1 Å². The standard InChI is InChI=1S/C37H47FN6O7S/c1-21-15-31(42-14-13-41(5)25(18-42)20-50-6)22(2)34-33(21)26-11-12-43(19-29(26)37(47)51-34)36(46)27-17-32(40(3)4)28(16-30(27)38)35(45)39-52(48,49)44(23-7-8-23)24-9-10-24/h15-17,23-25H,7-14,18-20H2,1-6H3,(H,39,45)/t25-/m1/s1. The van der Waals surface area contributed by atoms with Gasteiger partial charge in [-0.15, -0.1) is 0 Å². The minimum atomic E-state index is -4.14. The molecule has 2 amide bonds. The van der Waals surface area contributed by atoms with E-state index in [1.165, 1.54) is 20.2 Å². The zero-order valence-electron chi connectivity index (χ0n) is 30.6. The highest BCUT2D eigenvalue weighted by molar-refractivity contribution is 7.87. The van der Waals surface area contributed by atoms with Crippen molar-refractivity contribution in [1.29, 1.82) is 0 Å². The fraction of sp³-hybridized carbons (Fsp3) is 0.541. The maximum atomic E-state index is 15.8. The van der Waals surface area contributed by atoms with E-state index in [0.717, 1.165) is 79.1 Å². The summed E-state index contributed by atoms with van der Waals surface area (Å²) < 4.78 is 57.1. The molecule has 2 aliphatic carbocycles. The average molecular weight is 739 g/mol. The zero-order valence-corrected chi connectivity index (χ0v) is 31.4. The van der Waals surface area contributed by atoms with Gasteiger partial charge in [-0.2, -0.15) is 12.7 Å².